The van der Waals surface area contributed by atoms with Crippen LogP contribution in [0.25, 0.3) is 0 Å². The summed E-state index contributed by atoms with van der Waals surface area (Å²) in [4.78, 5) is 30.3. The fourth-order valence-electron chi connectivity index (χ4n) is 2.83. The summed E-state index contributed by atoms with van der Waals surface area (Å²) < 4.78 is 0. The standard InChI is InChI=1S/C13H17N3O3S/c1-16-6-5-8(11(16)17)14-13-15-10-7(12(18)19)3-2-4-9(10)20-13/h7-8H,2-6H2,1H3,(H,14,15)(H,18,19). The lowest BCUT2D eigenvalue weighted by Gasteiger charge is -2.16. The fraction of sp³-hybridized carbons (Fsp3) is 0.615. The summed E-state index contributed by atoms with van der Waals surface area (Å²) in [6, 6.07) is -0.226. The Kier molecular flexibility index (Phi) is 3.37. The topological polar surface area (TPSA) is 82.5 Å². The first-order chi connectivity index (χ1) is 9.56. The number of carbonyl (C=O) groups is 2. The molecule has 1 aromatic heterocycles. The molecule has 1 amide bonds. The minimum absolute atomic E-state index is 0.0768. The summed E-state index contributed by atoms with van der Waals surface area (Å²) in [5.41, 5.74) is 0.690. The summed E-state index contributed by atoms with van der Waals surface area (Å²) in [6.07, 6.45) is 3.19. The molecule has 1 aliphatic carbocycles. The van der Waals surface area contributed by atoms with Gasteiger partial charge in [0, 0.05) is 18.5 Å². The maximum absolute atomic E-state index is 11.9. The number of likely N-dealkylation sites (N-methyl/N-ethyl adjacent to an activating group) is 1. The second-order valence-corrected chi connectivity index (χ2v) is 6.44. The predicted octanol–water partition coefficient (Wildman–Crippen LogP) is 1.29. The zero-order valence-electron chi connectivity index (χ0n) is 11.3. The van der Waals surface area contributed by atoms with Crippen molar-refractivity contribution < 1.29 is 14.7 Å². The molecule has 2 atom stereocenters. The van der Waals surface area contributed by atoms with Crippen LogP contribution >= 0.6 is 11.3 Å². The van der Waals surface area contributed by atoms with Crippen LogP contribution in [0, 0.1) is 0 Å². The Balaban J connectivity index is 1.79. The summed E-state index contributed by atoms with van der Waals surface area (Å²) in [7, 11) is 1.79. The Morgan fingerprint density at radius 2 is 2.30 bits per heavy atom. The molecule has 20 heavy (non-hydrogen) atoms. The monoisotopic (exact) mass is 295 g/mol. The maximum Gasteiger partial charge on any atom is 0.312 e. The summed E-state index contributed by atoms with van der Waals surface area (Å²) >= 11 is 1.49. The number of hydrogen-bond donors (Lipinski definition) is 2. The van der Waals surface area contributed by atoms with Gasteiger partial charge in [-0.2, -0.15) is 0 Å². The van der Waals surface area contributed by atoms with E-state index in [1.165, 1.54) is 11.3 Å². The van der Waals surface area contributed by atoms with Gasteiger partial charge >= 0.3 is 5.97 Å². The molecule has 3 rings (SSSR count). The molecule has 108 valence electrons. The van der Waals surface area contributed by atoms with Gasteiger partial charge in [-0.3, -0.25) is 9.59 Å². The van der Waals surface area contributed by atoms with E-state index in [1.807, 2.05) is 0 Å². The molecule has 0 spiro atoms. The lowest BCUT2D eigenvalue weighted by Crippen LogP contribution is -2.30. The highest BCUT2D eigenvalue weighted by molar-refractivity contribution is 7.15. The minimum atomic E-state index is -0.806. The molecule has 1 fully saturated rings. The van der Waals surface area contributed by atoms with Gasteiger partial charge in [-0.15, -0.1) is 11.3 Å². The fourth-order valence-corrected chi connectivity index (χ4v) is 3.94. The molecule has 0 aromatic carbocycles. The van der Waals surface area contributed by atoms with Gasteiger partial charge < -0.3 is 15.3 Å². The van der Waals surface area contributed by atoms with E-state index in [1.54, 1.807) is 11.9 Å². The van der Waals surface area contributed by atoms with Crippen molar-refractivity contribution in [3.05, 3.63) is 10.6 Å². The number of amides is 1. The van der Waals surface area contributed by atoms with Gasteiger partial charge in [-0.25, -0.2) is 4.98 Å². The van der Waals surface area contributed by atoms with Crippen LogP contribution in [0.1, 0.15) is 35.8 Å². The van der Waals surface area contributed by atoms with E-state index in [9.17, 15) is 14.7 Å². The molecule has 1 aromatic rings. The number of aryl methyl sites for hydroxylation is 1. The lowest BCUT2D eigenvalue weighted by atomic mass is 9.91. The van der Waals surface area contributed by atoms with Crippen LogP contribution in [0.15, 0.2) is 0 Å². The van der Waals surface area contributed by atoms with Crippen LogP contribution < -0.4 is 5.32 Å². The zero-order valence-corrected chi connectivity index (χ0v) is 12.1. The van der Waals surface area contributed by atoms with E-state index in [0.29, 0.717) is 17.2 Å². The predicted molar refractivity (Wildman–Crippen MR) is 75.1 cm³/mol. The Labute approximate surface area is 120 Å². The lowest BCUT2D eigenvalue weighted by molar-refractivity contribution is -0.139. The van der Waals surface area contributed by atoms with Gasteiger partial charge in [0.15, 0.2) is 5.13 Å². The molecule has 0 radical (unpaired) electrons. The molecule has 1 aliphatic heterocycles. The molecule has 7 heteroatoms. The number of carboxylic acids is 1. The third kappa shape index (κ3) is 2.26. The highest BCUT2D eigenvalue weighted by Gasteiger charge is 2.33. The third-order valence-corrected chi connectivity index (χ3v) is 5.04. The Bertz CT molecular complexity index is 557. The van der Waals surface area contributed by atoms with E-state index < -0.39 is 11.9 Å². The Hall–Kier alpha value is -1.63. The first-order valence-electron chi connectivity index (χ1n) is 6.80. The number of fused-ring (bicyclic) bond motifs is 1. The van der Waals surface area contributed by atoms with Crippen molar-refractivity contribution in [1.82, 2.24) is 9.88 Å². The molecule has 2 unspecified atom stereocenters. The number of rotatable bonds is 3. The number of anilines is 1. The van der Waals surface area contributed by atoms with Gasteiger partial charge in [0.25, 0.3) is 0 Å². The maximum atomic E-state index is 11.9. The molecule has 2 N–H and O–H groups in total. The summed E-state index contributed by atoms with van der Waals surface area (Å²) in [6.45, 7) is 0.749. The van der Waals surface area contributed by atoms with Crippen LogP contribution in [0.4, 0.5) is 5.13 Å². The van der Waals surface area contributed by atoms with Crippen molar-refractivity contribution in [2.24, 2.45) is 0 Å². The molecule has 6 nitrogen and oxygen atoms in total. The molecular formula is C13H17N3O3S. The van der Waals surface area contributed by atoms with Crippen LogP contribution in [0.3, 0.4) is 0 Å². The zero-order chi connectivity index (χ0) is 14.3. The number of likely N-dealkylation sites (tertiary alicyclic amines) is 1. The minimum Gasteiger partial charge on any atom is -0.481 e. The summed E-state index contributed by atoms with van der Waals surface area (Å²) in [5, 5.41) is 13.1. The largest absolute Gasteiger partial charge is 0.481 e. The third-order valence-electron chi connectivity index (χ3n) is 3.98. The number of nitrogens with one attached hydrogen (secondary N) is 1. The first kappa shape index (κ1) is 13.4. The van der Waals surface area contributed by atoms with Crippen molar-refractivity contribution in [2.75, 3.05) is 18.9 Å². The number of carboxylic acid groups (broad SMARTS) is 1. The van der Waals surface area contributed by atoms with E-state index in [4.69, 9.17) is 0 Å². The van der Waals surface area contributed by atoms with Crippen LogP contribution in [0.5, 0.6) is 0 Å². The average Bonchev–Trinajstić information content (AvgIpc) is 2.96. The number of carbonyl (C=O) groups excluding carboxylic acids is 1. The van der Waals surface area contributed by atoms with Crippen molar-refractivity contribution in [3.63, 3.8) is 0 Å². The highest BCUT2D eigenvalue weighted by atomic mass is 32.1. The van der Waals surface area contributed by atoms with Crippen molar-refractivity contribution >= 4 is 28.3 Å². The molecule has 2 aliphatic rings. The molecule has 0 saturated carbocycles. The number of aromatic nitrogens is 1. The van der Waals surface area contributed by atoms with E-state index in [0.717, 1.165) is 30.7 Å². The van der Waals surface area contributed by atoms with Gasteiger partial charge in [0.2, 0.25) is 5.91 Å². The second kappa shape index (κ2) is 5.05. The quantitative estimate of drug-likeness (QED) is 0.878. The van der Waals surface area contributed by atoms with Crippen LogP contribution in [-0.4, -0.2) is 46.5 Å². The molecular weight excluding hydrogens is 278 g/mol. The molecule has 1 saturated heterocycles. The number of aliphatic carboxylic acids is 1. The first-order valence-corrected chi connectivity index (χ1v) is 7.62. The Morgan fingerprint density at radius 3 is 2.95 bits per heavy atom. The van der Waals surface area contributed by atoms with Crippen LogP contribution in [0.2, 0.25) is 0 Å². The SMILES string of the molecule is CN1CCC(Nc2nc3c(s2)CCCC3C(=O)O)C1=O. The van der Waals surface area contributed by atoms with Crippen molar-refractivity contribution in [2.45, 2.75) is 37.6 Å². The van der Waals surface area contributed by atoms with Crippen molar-refractivity contribution in [1.29, 1.82) is 0 Å². The second-order valence-electron chi connectivity index (χ2n) is 5.36. The number of thiazole rings is 1. The normalized spacial score (nSPS) is 25.6. The number of nitrogens with zero attached hydrogens (tertiary/aromatic N) is 2. The van der Waals surface area contributed by atoms with Gasteiger partial charge in [-0.05, 0) is 25.7 Å². The van der Waals surface area contributed by atoms with Gasteiger partial charge in [0.1, 0.15) is 12.0 Å². The van der Waals surface area contributed by atoms with Gasteiger partial charge in [-0.1, -0.05) is 0 Å². The van der Waals surface area contributed by atoms with Gasteiger partial charge in [0.05, 0.1) is 5.69 Å². The van der Waals surface area contributed by atoms with E-state index >= 15 is 0 Å². The molecule has 0 bridgehead atoms. The van der Waals surface area contributed by atoms with Crippen LogP contribution in [-0.2, 0) is 16.0 Å². The molecule has 2 heterocycles. The van der Waals surface area contributed by atoms with E-state index in [2.05, 4.69) is 10.3 Å². The smallest absolute Gasteiger partial charge is 0.312 e. The summed E-state index contributed by atoms with van der Waals surface area (Å²) in [5.74, 6) is -1.22. The Morgan fingerprint density at radius 1 is 1.50 bits per heavy atom. The van der Waals surface area contributed by atoms with E-state index in [-0.39, 0.29) is 11.9 Å². The average molecular weight is 295 g/mol. The van der Waals surface area contributed by atoms with Crippen molar-refractivity contribution in [3.8, 4) is 0 Å². The number of hydrogen-bond acceptors (Lipinski definition) is 5. The highest BCUT2D eigenvalue weighted by Crippen LogP contribution is 2.37.